The molecule has 0 spiro atoms. The monoisotopic (exact) mass is 367 g/mol. The van der Waals surface area contributed by atoms with Gasteiger partial charge in [0.15, 0.2) is 6.10 Å². The first kappa shape index (κ1) is 17.8. The summed E-state index contributed by atoms with van der Waals surface area (Å²) in [5.41, 5.74) is 5.43. The molecule has 4 saturated carbocycles. The Balaban J connectivity index is 1.31. The number of nitrogens with zero attached hydrogens (tertiary/aromatic N) is 1. The van der Waals surface area contributed by atoms with E-state index in [1.165, 1.54) is 19.3 Å². The van der Waals surface area contributed by atoms with Crippen LogP contribution in [0.5, 0.6) is 5.75 Å². The number of hydrazine groups is 1. The van der Waals surface area contributed by atoms with Crippen molar-refractivity contribution < 1.29 is 14.3 Å². The zero-order chi connectivity index (χ0) is 19.0. The Hall–Kier alpha value is -2.55. The van der Waals surface area contributed by atoms with Crippen LogP contribution >= 0.6 is 0 Å². The number of rotatable bonds is 4. The number of nitrogens with one attached hydrogen (secondary N) is 2. The topological polar surface area (TPSA) is 91.2 Å². The Morgan fingerprint density at radius 2 is 1.63 bits per heavy atom. The predicted molar refractivity (Wildman–Crippen MR) is 98.1 cm³/mol. The third-order valence-electron chi connectivity index (χ3n) is 6.48. The molecule has 0 aromatic heterocycles. The molecule has 5 rings (SSSR count). The number of hydrogen-bond donors (Lipinski definition) is 2. The van der Waals surface area contributed by atoms with E-state index >= 15 is 0 Å². The number of amides is 2. The van der Waals surface area contributed by atoms with Crippen LogP contribution in [-0.4, -0.2) is 17.9 Å². The van der Waals surface area contributed by atoms with Crippen molar-refractivity contribution in [2.45, 2.75) is 51.6 Å². The number of hydrogen-bond acceptors (Lipinski definition) is 4. The first-order valence-corrected chi connectivity index (χ1v) is 9.74. The maximum Gasteiger partial charge on any atom is 0.279 e. The molecule has 142 valence electrons. The second-order valence-corrected chi connectivity index (χ2v) is 8.54. The minimum atomic E-state index is -0.755. The second kappa shape index (κ2) is 6.88. The third-order valence-corrected chi connectivity index (χ3v) is 6.48. The highest BCUT2D eigenvalue weighted by atomic mass is 16.5. The fourth-order valence-electron chi connectivity index (χ4n) is 5.61. The average molecular weight is 367 g/mol. The van der Waals surface area contributed by atoms with Gasteiger partial charge in [-0.15, -0.1) is 0 Å². The Kier molecular flexibility index (Phi) is 4.55. The third kappa shape index (κ3) is 3.51. The lowest BCUT2D eigenvalue weighted by molar-refractivity contribution is -0.149. The summed E-state index contributed by atoms with van der Waals surface area (Å²) in [5.74, 6) is 2.10. The summed E-state index contributed by atoms with van der Waals surface area (Å²) >= 11 is 0. The van der Waals surface area contributed by atoms with Gasteiger partial charge < -0.3 is 4.74 Å². The Morgan fingerprint density at radius 1 is 1.07 bits per heavy atom. The van der Waals surface area contributed by atoms with Gasteiger partial charge in [-0.1, -0.05) is 0 Å². The lowest BCUT2D eigenvalue weighted by atomic mass is 9.49. The van der Waals surface area contributed by atoms with E-state index < -0.39 is 12.0 Å². The first-order chi connectivity index (χ1) is 13.0. The number of nitriles is 1. The van der Waals surface area contributed by atoms with Crippen LogP contribution in [-0.2, 0) is 9.59 Å². The van der Waals surface area contributed by atoms with Crippen molar-refractivity contribution in [3.8, 4) is 11.8 Å². The van der Waals surface area contributed by atoms with Gasteiger partial charge in [-0.2, -0.15) is 5.26 Å². The molecule has 1 atom stereocenters. The van der Waals surface area contributed by atoms with Crippen LogP contribution in [0.4, 0.5) is 0 Å². The van der Waals surface area contributed by atoms with Crippen LogP contribution in [0.2, 0.25) is 0 Å². The van der Waals surface area contributed by atoms with Gasteiger partial charge in [0.25, 0.3) is 5.91 Å². The van der Waals surface area contributed by atoms with Gasteiger partial charge >= 0.3 is 0 Å². The molecule has 1 unspecified atom stereocenters. The average Bonchev–Trinajstić information content (AvgIpc) is 2.65. The fraction of sp³-hybridized carbons (Fsp3) is 0.571. The van der Waals surface area contributed by atoms with Crippen molar-refractivity contribution in [2.75, 3.05) is 0 Å². The molecule has 2 amide bonds. The van der Waals surface area contributed by atoms with Crippen LogP contribution in [0.15, 0.2) is 24.3 Å². The van der Waals surface area contributed by atoms with Gasteiger partial charge in [-0.25, -0.2) is 0 Å². The summed E-state index contributed by atoms with van der Waals surface area (Å²) in [6.07, 6.45) is 5.93. The standard InChI is InChI=1S/C21H25N3O3/c1-13(27-18-4-2-14(12-22)3-5-18)19(25)23-24-20(26)21-9-15-6-16(10-21)8-17(7-15)11-21/h2-5,13,15-17H,6-11H2,1H3,(H,23,25)(H,24,26). The lowest BCUT2D eigenvalue weighted by Gasteiger charge is -2.55. The number of carbonyl (C=O) groups excluding carboxylic acids is 2. The molecule has 27 heavy (non-hydrogen) atoms. The molecule has 0 heterocycles. The van der Waals surface area contributed by atoms with E-state index in [1.807, 2.05) is 6.07 Å². The molecule has 4 bridgehead atoms. The van der Waals surface area contributed by atoms with E-state index in [0.717, 1.165) is 19.3 Å². The number of ether oxygens (including phenoxy) is 1. The first-order valence-electron chi connectivity index (χ1n) is 9.74. The lowest BCUT2D eigenvalue weighted by Crippen LogP contribution is -2.57. The van der Waals surface area contributed by atoms with E-state index in [1.54, 1.807) is 31.2 Å². The van der Waals surface area contributed by atoms with Crippen LogP contribution < -0.4 is 15.6 Å². The fourth-order valence-corrected chi connectivity index (χ4v) is 5.61. The van der Waals surface area contributed by atoms with Gasteiger partial charge in [-0.05, 0) is 87.5 Å². The molecule has 6 heteroatoms. The molecule has 6 nitrogen and oxygen atoms in total. The Labute approximate surface area is 159 Å². The zero-order valence-electron chi connectivity index (χ0n) is 15.5. The van der Waals surface area contributed by atoms with Gasteiger partial charge in [-0.3, -0.25) is 20.4 Å². The summed E-state index contributed by atoms with van der Waals surface area (Å²) in [6, 6.07) is 8.60. The Morgan fingerprint density at radius 3 is 2.15 bits per heavy atom. The van der Waals surface area contributed by atoms with Crippen molar-refractivity contribution >= 4 is 11.8 Å². The minimum absolute atomic E-state index is 0.0412. The number of benzene rings is 1. The van der Waals surface area contributed by atoms with Crippen LogP contribution in [0.1, 0.15) is 51.0 Å². The quantitative estimate of drug-likeness (QED) is 0.801. The van der Waals surface area contributed by atoms with Crippen molar-refractivity contribution in [2.24, 2.45) is 23.2 Å². The van der Waals surface area contributed by atoms with E-state index in [0.29, 0.717) is 29.1 Å². The van der Waals surface area contributed by atoms with Crippen LogP contribution in [0, 0.1) is 34.5 Å². The van der Waals surface area contributed by atoms with E-state index in [2.05, 4.69) is 10.9 Å². The predicted octanol–water partition coefficient (Wildman–Crippen LogP) is 2.69. The molecule has 2 N–H and O–H groups in total. The summed E-state index contributed by atoms with van der Waals surface area (Å²) in [7, 11) is 0. The summed E-state index contributed by atoms with van der Waals surface area (Å²) in [6.45, 7) is 1.63. The van der Waals surface area contributed by atoms with E-state index in [9.17, 15) is 9.59 Å². The SMILES string of the molecule is CC(Oc1ccc(C#N)cc1)C(=O)NNC(=O)C12CC3CC(CC(C3)C1)C2. The molecule has 4 aliphatic rings. The zero-order valence-corrected chi connectivity index (χ0v) is 15.5. The van der Waals surface area contributed by atoms with Crippen LogP contribution in [0.3, 0.4) is 0 Å². The molecule has 0 saturated heterocycles. The maximum atomic E-state index is 12.9. The highest BCUT2D eigenvalue weighted by Crippen LogP contribution is 2.60. The molecule has 1 aromatic carbocycles. The van der Waals surface area contributed by atoms with E-state index in [-0.39, 0.29) is 11.3 Å². The van der Waals surface area contributed by atoms with Crippen molar-refractivity contribution in [1.82, 2.24) is 10.9 Å². The molecule has 0 radical (unpaired) electrons. The summed E-state index contributed by atoms with van der Waals surface area (Å²) in [4.78, 5) is 25.2. The second-order valence-electron chi connectivity index (χ2n) is 8.54. The highest BCUT2D eigenvalue weighted by molar-refractivity contribution is 5.87. The van der Waals surface area contributed by atoms with Crippen molar-refractivity contribution in [1.29, 1.82) is 5.26 Å². The number of carbonyl (C=O) groups is 2. The van der Waals surface area contributed by atoms with Crippen molar-refractivity contribution in [3.63, 3.8) is 0 Å². The Bertz CT molecular complexity index is 746. The van der Waals surface area contributed by atoms with Gasteiger partial charge in [0, 0.05) is 0 Å². The summed E-state index contributed by atoms with van der Waals surface area (Å²) < 4.78 is 5.58. The summed E-state index contributed by atoms with van der Waals surface area (Å²) in [5, 5.41) is 8.81. The molecule has 1 aromatic rings. The molecular weight excluding hydrogens is 342 g/mol. The molecule has 4 aliphatic carbocycles. The van der Waals surface area contributed by atoms with Crippen LogP contribution in [0.25, 0.3) is 0 Å². The van der Waals surface area contributed by atoms with Gasteiger partial charge in [0.2, 0.25) is 5.91 Å². The normalized spacial score (nSPS) is 31.6. The van der Waals surface area contributed by atoms with Crippen molar-refractivity contribution in [3.05, 3.63) is 29.8 Å². The van der Waals surface area contributed by atoms with Gasteiger partial charge in [0.1, 0.15) is 5.75 Å². The van der Waals surface area contributed by atoms with E-state index in [4.69, 9.17) is 10.00 Å². The molecule has 0 aliphatic heterocycles. The largest absolute Gasteiger partial charge is 0.481 e. The minimum Gasteiger partial charge on any atom is -0.481 e. The highest BCUT2D eigenvalue weighted by Gasteiger charge is 2.54. The molecule has 4 fully saturated rings. The maximum absolute atomic E-state index is 12.9. The smallest absolute Gasteiger partial charge is 0.279 e. The van der Waals surface area contributed by atoms with Gasteiger partial charge in [0.05, 0.1) is 17.0 Å². The molecular formula is C21H25N3O3.